The molecular weight excluding hydrogens is 364 g/mol. The van der Waals surface area contributed by atoms with Crippen LogP contribution in [0.25, 0.3) is 11.1 Å². The summed E-state index contributed by atoms with van der Waals surface area (Å²) in [5.74, 6) is 0.872. The van der Waals surface area contributed by atoms with Crippen LogP contribution in [0, 0.1) is 0 Å². The number of piperidine rings is 2. The summed E-state index contributed by atoms with van der Waals surface area (Å²) in [4.78, 5) is 15.1. The first kappa shape index (κ1) is 18.8. The molecule has 5 rings (SSSR count). The molecule has 2 unspecified atom stereocenters. The zero-order chi connectivity index (χ0) is 19.8. The normalized spacial score (nSPS) is 24.9. The van der Waals surface area contributed by atoms with E-state index in [0.29, 0.717) is 6.10 Å². The summed E-state index contributed by atoms with van der Waals surface area (Å²) in [6, 6.07) is 13.7. The zero-order valence-electron chi connectivity index (χ0n) is 16.9. The fraction of sp³-hybridized carbons (Fsp3) is 0.458. The molecule has 2 aliphatic heterocycles. The SMILES string of the molecule is CN1CCC(Oc2ccc3c(c2)C(=O)c2ccccc2-3)CC1OC1CCNCC1. The number of carbonyl (C=O) groups excluding carboxylic acids is 1. The minimum atomic E-state index is 0.0940. The van der Waals surface area contributed by atoms with Crippen LogP contribution in [0.15, 0.2) is 42.5 Å². The molecule has 0 bridgehead atoms. The number of benzene rings is 2. The van der Waals surface area contributed by atoms with E-state index in [1.807, 2.05) is 42.5 Å². The number of hydrogen-bond donors (Lipinski definition) is 1. The van der Waals surface area contributed by atoms with E-state index in [9.17, 15) is 4.79 Å². The van der Waals surface area contributed by atoms with Gasteiger partial charge in [-0.1, -0.05) is 24.3 Å². The lowest BCUT2D eigenvalue weighted by molar-refractivity contribution is -0.131. The molecule has 0 amide bonds. The summed E-state index contributed by atoms with van der Waals surface area (Å²) in [7, 11) is 2.13. The van der Waals surface area contributed by atoms with Crippen molar-refractivity contribution in [3.63, 3.8) is 0 Å². The maximum absolute atomic E-state index is 12.8. The molecule has 0 aromatic heterocycles. The predicted molar refractivity (Wildman–Crippen MR) is 112 cm³/mol. The molecule has 1 N–H and O–H groups in total. The maximum atomic E-state index is 12.8. The highest BCUT2D eigenvalue weighted by Crippen LogP contribution is 2.38. The Morgan fingerprint density at radius 3 is 2.52 bits per heavy atom. The van der Waals surface area contributed by atoms with Crippen LogP contribution in [0.4, 0.5) is 0 Å². The van der Waals surface area contributed by atoms with E-state index in [-0.39, 0.29) is 18.1 Å². The van der Waals surface area contributed by atoms with Crippen LogP contribution >= 0.6 is 0 Å². The van der Waals surface area contributed by atoms with Crippen molar-refractivity contribution in [2.45, 2.75) is 44.1 Å². The first-order chi connectivity index (χ1) is 14.2. The molecular formula is C24H28N2O3. The van der Waals surface area contributed by atoms with Crippen LogP contribution in [0.1, 0.15) is 41.6 Å². The van der Waals surface area contributed by atoms with Gasteiger partial charge >= 0.3 is 0 Å². The average molecular weight is 392 g/mol. The minimum absolute atomic E-state index is 0.0940. The Balaban J connectivity index is 1.28. The number of likely N-dealkylation sites (tertiary alicyclic amines) is 1. The van der Waals surface area contributed by atoms with Crippen LogP contribution in [-0.2, 0) is 4.74 Å². The first-order valence-corrected chi connectivity index (χ1v) is 10.7. The Morgan fingerprint density at radius 2 is 1.69 bits per heavy atom. The van der Waals surface area contributed by atoms with Gasteiger partial charge in [0.15, 0.2) is 5.78 Å². The molecule has 2 atom stereocenters. The lowest BCUT2D eigenvalue weighted by Crippen LogP contribution is -2.47. The van der Waals surface area contributed by atoms with Gasteiger partial charge in [-0.25, -0.2) is 0 Å². The Kier molecular flexibility index (Phi) is 5.12. The molecule has 5 heteroatoms. The standard InChI is InChI=1S/C24H28N2O3/c1-26-13-10-18(15-23(26)29-16-8-11-25-12-9-16)28-17-6-7-20-19-4-2-3-5-21(19)24(27)22(20)14-17/h2-7,14,16,18,23,25H,8-13,15H2,1H3. The highest BCUT2D eigenvalue weighted by atomic mass is 16.5. The molecule has 3 aliphatic rings. The number of ketones is 1. The van der Waals surface area contributed by atoms with Crippen LogP contribution < -0.4 is 10.1 Å². The summed E-state index contributed by atoms with van der Waals surface area (Å²) < 4.78 is 12.7. The van der Waals surface area contributed by atoms with Gasteiger partial charge in [0.1, 0.15) is 18.1 Å². The zero-order valence-corrected chi connectivity index (χ0v) is 16.9. The Bertz CT molecular complexity index is 907. The Morgan fingerprint density at radius 1 is 0.931 bits per heavy atom. The van der Waals surface area contributed by atoms with Gasteiger partial charge in [-0.05, 0) is 68.7 Å². The number of rotatable bonds is 4. The summed E-state index contributed by atoms with van der Waals surface area (Å²) in [6.07, 6.45) is 4.50. The van der Waals surface area contributed by atoms with Gasteiger partial charge < -0.3 is 14.8 Å². The van der Waals surface area contributed by atoms with Crippen LogP contribution in [-0.4, -0.2) is 55.8 Å². The third kappa shape index (κ3) is 3.70. The smallest absolute Gasteiger partial charge is 0.194 e. The molecule has 5 nitrogen and oxygen atoms in total. The van der Waals surface area contributed by atoms with E-state index in [0.717, 1.165) is 73.3 Å². The molecule has 2 aromatic rings. The van der Waals surface area contributed by atoms with Crippen LogP contribution in [0.3, 0.4) is 0 Å². The molecule has 2 aromatic carbocycles. The van der Waals surface area contributed by atoms with Crippen LogP contribution in [0.5, 0.6) is 5.75 Å². The molecule has 2 fully saturated rings. The second-order valence-electron chi connectivity index (χ2n) is 8.37. The number of carbonyl (C=O) groups is 1. The van der Waals surface area contributed by atoms with Crippen molar-refractivity contribution in [1.29, 1.82) is 0 Å². The fourth-order valence-electron chi connectivity index (χ4n) is 4.71. The first-order valence-electron chi connectivity index (χ1n) is 10.7. The van der Waals surface area contributed by atoms with Crippen molar-refractivity contribution < 1.29 is 14.3 Å². The third-order valence-electron chi connectivity index (χ3n) is 6.40. The fourth-order valence-corrected chi connectivity index (χ4v) is 4.71. The molecule has 2 saturated heterocycles. The highest BCUT2D eigenvalue weighted by molar-refractivity contribution is 6.21. The molecule has 29 heavy (non-hydrogen) atoms. The summed E-state index contributed by atoms with van der Waals surface area (Å²) in [5.41, 5.74) is 3.57. The molecule has 2 heterocycles. The Labute approximate surface area is 172 Å². The third-order valence-corrected chi connectivity index (χ3v) is 6.40. The van der Waals surface area contributed by atoms with Gasteiger partial charge in [-0.3, -0.25) is 9.69 Å². The van der Waals surface area contributed by atoms with E-state index in [4.69, 9.17) is 9.47 Å². The predicted octanol–water partition coefficient (Wildman–Crippen LogP) is 3.47. The van der Waals surface area contributed by atoms with Crippen molar-refractivity contribution in [1.82, 2.24) is 10.2 Å². The summed E-state index contributed by atoms with van der Waals surface area (Å²) in [5, 5.41) is 3.39. The van der Waals surface area contributed by atoms with Crippen molar-refractivity contribution in [3.8, 4) is 16.9 Å². The molecule has 152 valence electrons. The number of fused-ring (bicyclic) bond motifs is 3. The second-order valence-corrected chi connectivity index (χ2v) is 8.37. The van der Waals surface area contributed by atoms with E-state index >= 15 is 0 Å². The van der Waals surface area contributed by atoms with Crippen LogP contribution in [0.2, 0.25) is 0 Å². The summed E-state index contributed by atoms with van der Waals surface area (Å²) in [6.45, 7) is 3.02. The van der Waals surface area contributed by atoms with Crippen molar-refractivity contribution >= 4 is 5.78 Å². The molecule has 1 aliphatic carbocycles. The van der Waals surface area contributed by atoms with Gasteiger partial charge in [-0.2, -0.15) is 0 Å². The van der Waals surface area contributed by atoms with Gasteiger partial charge in [-0.15, -0.1) is 0 Å². The monoisotopic (exact) mass is 392 g/mol. The molecule has 0 radical (unpaired) electrons. The van der Waals surface area contributed by atoms with Gasteiger partial charge in [0, 0.05) is 24.1 Å². The van der Waals surface area contributed by atoms with Crippen molar-refractivity contribution in [2.24, 2.45) is 0 Å². The number of nitrogens with zero attached hydrogens (tertiary/aromatic N) is 1. The largest absolute Gasteiger partial charge is 0.490 e. The van der Waals surface area contributed by atoms with Crippen molar-refractivity contribution in [2.75, 3.05) is 26.7 Å². The topological polar surface area (TPSA) is 50.8 Å². The average Bonchev–Trinajstić information content (AvgIpc) is 3.03. The number of hydrogen-bond acceptors (Lipinski definition) is 5. The van der Waals surface area contributed by atoms with Gasteiger partial charge in [0.2, 0.25) is 0 Å². The maximum Gasteiger partial charge on any atom is 0.194 e. The second kappa shape index (κ2) is 7.90. The van der Waals surface area contributed by atoms with Gasteiger partial charge in [0.05, 0.1) is 6.10 Å². The van der Waals surface area contributed by atoms with Crippen molar-refractivity contribution in [3.05, 3.63) is 53.6 Å². The number of nitrogens with one attached hydrogen (secondary N) is 1. The Hall–Kier alpha value is -2.21. The molecule has 0 saturated carbocycles. The van der Waals surface area contributed by atoms with E-state index in [1.54, 1.807) is 0 Å². The quantitative estimate of drug-likeness (QED) is 0.737. The van der Waals surface area contributed by atoms with Gasteiger partial charge in [0.25, 0.3) is 0 Å². The minimum Gasteiger partial charge on any atom is -0.490 e. The lowest BCUT2D eigenvalue weighted by Gasteiger charge is -2.39. The number of ether oxygens (including phenoxy) is 2. The highest BCUT2D eigenvalue weighted by Gasteiger charge is 2.31. The van der Waals surface area contributed by atoms with E-state index in [1.165, 1.54) is 0 Å². The molecule has 0 spiro atoms. The van der Waals surface area contributed by atoms with E-state index < -0.39 is 0 Å². The lowest BCUT2D eigenvalue weighted by atomic mass is 10.0. The summed E-state index contributed by atoms with van der Waals surface area (Å²) >= 11 is 0. The van der Waals surface area contributed by atoms with E-state index in [2.05, 4.69) is 17.3 Å².